The number of nitriles is 2. The second-order valence-corrected chi connectivity index (χ2v) is 16.9. The molecule has 8 nitrogen and oxygen atoms in total. The number of hydrogen-bond acceptors (Lipinski definition) is 8. The first-order valence-corrected chi connectivity index (χ1v) is 21.5. The molecule has 0 atom stereocenters. The molecule has 9 rings (SSSR count). The minimum atomic E-state index is -0.865. The molecule has 0 saturated carbocycles. The molecule has 6 aromatic carbocycles. The largest absolute Gasteiger partial charge is 0.497 e. The number of halogens is 4. The molecule has 3 heterocycles. The van der Waals surface area contributed by atoms with Crippen LogP contribution in [0.5, 0.6) is 0 Å². The van der Waals surface area contributed by atoms with Gasteiger partial charge in [-0.3, -0.25) is 0 Å². The second kappa shape index (κ2) is 21.5. The highest BCUT2D eigenvalue weighted by Crippen LogP contribution is 2.37. The van der Waals surface area contributed by atoms with Crippen molar-refractivity contribution in [3.8, 4) is 68.6 Å². The predicted octanol–water partition coefficient (Wildman–Crippen LogP) is 13.5. The average molecular weight is 930 g/mol. The highest BCUT2D eigenvalue weighted by atomic mass is 35.5. The SMILES string of the molecule is C.CC1(C)OB(c2cc(C#N)cc(Cl)c2F)OC1(C)C.Cc1cc(C#N)cc(-c2nc(-c3ccccc3)cc(-c3ccccc3)n2)c1F.Clc1nc(-c2ccccc2)cc(-c2ccccc2)n1. The number of rotatable bonds is 6. The van der Waals surface area contributed by atoms with Crippen LogP contribution in [0.25, 0.3) is 56.4 Å². The number of aryl methyl sites for hydroxylation is 1. The lowest BCUT2D eigenvalue weighted by Gasteiger charge is -2.32. The lowest BCUT2D eigenvalue weighted by atomic mass is 9.78. The van der Waals surface area contributed by atoms with Gasteiger partial charge in [0.1, 0.15) is 11.6 Å². The summed E-state index contributed by atoms with van der Waals surface area (Å²) >= 11 is 11.8. The van der Waals surface area contributed by atoms with E-state index in [2.05, 4.69) is 26.0 Å². The Morgan fingerprint density at radius 1 is 0.522 bits per heavy atom. The van der Waals surface area contributed by atoms with Crippen LogP contribution in [0.15, 0.2) is 158 Å². The standard InChI is InChI=1S/C24H16FN3.C16H11ClN2.C13H14BClFNO2.CH4/c1-16-12-17(15-26)13-20(23(16)25)24-27-21(18-8-4-2-5-9-18)14-22(28-24)19-10-6-3-7-11-19;17-16-18-14(12-7-3-1-4-8-12)11-15(19-16)13-9-5-2-6-10-13;1-12(2)13(3,4)19-14(18-12)9-5-8(7-17)6-10(15)11(9)16;/h2-14H,1H3;1-11H;5-6H,1-4H3;1H4. The topological polar surface area (TPSA) is 118 Å². The summed E-state index contributed by atoms with van der Waals surface area (Å²) in [6, 6.07) is 52.9. The maximum absolute atomic E-state index is 14.9. The molecule has 0 N–H and O–H groups in total. The third-order valence-corrected chi connectivity index (χ3v) is 11.5. The van der Waals surface area contributed by atoms with E-state index in [9.17, 15) is 14.0 Å². The highest BCUT2D eigenvalue weighted by molar-refractivity contribution is 6.62. The van der Waals surface area contributed by atoms with E-state index in [0.29, 0.717) is 22.5 Å². The first-order valence-electron chi connectivity index (χ1n) is 20.8. The Morgan fingerprint density at radius 2 is 0.896 bits per heavy atom. The molecule has 0 unspecified atom stereocenters. The number of hydrogen-bond donors (Lipinski definition) is 0. The van der Waals surface area contributed by atoms with Gasteiger partial charge in [-0.15, -0.1) is 0 Å². The summed E-state index contributed by atoms with van der Waals surface area (Å²) in [5.41, 5.74) is 7.24. The molecule has 13 heteroatoms. The molecule has 1 aliphatic rings. The van der Waals surface area contributed by atoms with Crippen molar-refractivity contribution in [1.82, 2.24) is 19.9 Å². The van der Waals surface area contributed by atoms with Crippen LogP contribution in [-0.4, -0.2) is 38.3 Å². The van der Waals surface area contributed by atoms with Crippen LogP contribution >= 0.6 is 23.2 Å². The molecule has 8 aromatic rings. The van der Waals surface area contributed by atoms with Crippen molar-refractivity contribution in [3.63, 3.8) is 0 Å². The summed E-state index contributed by atoms with van der Waals surface area (Å²) in [5.74, 6) is -0.764. The van der Waals surface area contributed by atoms with Crippen LogP contribution in [0.4, 0.5) is 8.78 Å². The summed E-state index contributed by atoms with van der Waals surface area (Å²) in [7, 11) is -0.865. The summed E-state index contributed by atoms with van der Waals surface area (Å²) in [4.78, 5) is 17.8. The van der Waals surface area contributed by atoms with Crippen molar-refractivity contribution in [2.75, 3.05) is 0 Å². The number of nitrogens with zero attached hydrogens (tertiary/aromatic N) is 6. The van der Waals surface area contributed by atoms with Gasteiger partial charge >= 0.3 is 7.12 Å². The molecular weight excluding hydrogens is 884 g/mol. The van der Waals surface area contributed by atoms with Gasteiger partial charge in [-0.2, -0.15) is 10.5 Å². The second-order valence-electron chi connectivity index (χ2n) is 16.2. The third kappa shape index (κ3) is 11.7. The first kappa shape index (κ1) is 49.3. The minimum Gasteiger partial charge on any atom is -0.399 e. The van der Waals surface area contributed by atoms with Crippen LogP contribution in [0.2, 0.25) is 10.3 Å². The maximum atomic E-state index is 14.9. The molecule has 0 aliphatic carbocycles. The van der Waals surface area contributed by atoms with E-state index in [1.807, 2.05) is 167 Å². The zero-order valence-corrected chi connectivity index (χ0v) is 38.1. The molecule has 0 spiro atoms. The molecule has 1 fully saturated rings. The lowest BCUT2D eigenvalue weighted by molar-refractivity contribution is 0.00578. The van der Waals surface area contributed by atoms with Gasteiger partial charge in [0.15, 0.2) is 5.82 Å². The molecule has 2 aromatic heterocycles. The molecule has 0 radical (unpaired) electrons. The van der Waals surface area contributed by atoms with Crippen molar-refractivity contribution in [3.05, 3.63) is 196 Å². The molecule has 1 aliphatic heterocycles. The number of benzene rings is 6. The molecule has 67 heavy (non-hydrogen) atoms. The summed E-state index contributed by atoms with van der Waals surface area (Å²) in [5, 5.41) is 18.3. The molecule has 1 saturated heterocycles. The van der Waals surface area contributed by atoms with Crippen molar-refractivity contribution in [2.45, 2.75) is 53.2 Å². The predicted molar refractivity (Wildman–Crippen MR) is 264 cm³/mol. The number of aromatic nitrogens is 4. The Bertz CT molecular complexity index is 2950. The Labute approximate surface area is 400 Å². The van der Waals surface area contributed by atoms with Crippen LogP contribution in [-0.2, 0) is 9.31 Å². The van der Waals surface area contributed by atoms with E-state index >= 15 is 0 Å². The van der Waals surface area contributed by atoms with Crippen LogP contribution < -0.4 is 5.46 Å². The molecular formula is C54H45BCl2F2N6O2. The Morgan fingerprint density at radius 3 is 1.28 bits per heavy atom. The van der Waals surface area contributed by atoms with Crippen molar-refractivity contribution in [2.24, 2.45) is 0 Å². The van der Waals surface area contributed by atoms with Crippen LogP contribution in [0.1, 0.15) is 51.8 Å². The Hall–Kier alpha value is -7.12. The molecule has 334 valence electrons. The van der Waals surface area contributed by atoms with E-state index in [-0.39, 0.29) is 40.1 Å². The van der Waals surface area contributed by atoms with E-state index < -0.39 is 30.0 Å². The van der Waals surface area contributed by atoms with E-state index in [4.69, 9.17) is 37.8 Å². The van der Waals surface area contributed by atoms with Gasteiger partial charge in [0.2, 0.25) is 5.28 Å². The first-order chi connectivity index (χ1) is 31.7. The van der Waals surface area contributed by atoms with Crippen LogP contribution in [0.3, 0.4) is 0 Å². The van der Waals surface area contributed by atoms with Gasteiger partial charge in [0.05, 0.1) is 67.8 Å². The minimum absolute atomic E-state index is 0. The monoisotopic (exact) mass is 928 g/mol. The quantitative estimate of drug-likeness (QED) is 0.119. The summed E-state index contributed by atoms with van der Waals surface area (Å²) in [6.07, 6.45) is 0. The van der Waals surface area contributed by atoms with Gasteiger partial charge in [-0.05, 0) is 88.2 Å². The van der Waals surface area contributed by atoms with Gasteiger partial charge < -0.3 is 9.31 Å². The zero-order valence-electron chi connectivity index (χ0n) is 36.6. The van der Waals surface area contributed by atoms with Crippen LogP contribution in [0, 0.1) is 41.2 Å². The molecule has 0 amide bonds. The van der Waals surface area contributed by atoms with Crippen molar-refractivity contribution in [1.29, 1.82) is 10.5 Å². The summed E-state index contributed by atoms with van der Waals surface area (Å²) < 4.78 is 40.5. The smallest absolute Gasteiger partial charge is 0.399 e. The highest BCUT2D eigenvalue weighted by Gasteiger charge is 2.52. The van der Waals surface area contributed by atoms with Gasteiger partial charge in [-0.25, -0.2) is 28.7 Å². The fourth-order valence-corrected chi connectivity index (χ4v) is 7.23. The maximum Gasteiger partial charge on any atom is 0.497 e. The summed E-state index contributed by atoms with van der Waals surface area (Å²) in [6.45, 7) is 9.14. The fraction of sp³-hybridized carbons (Fsp3) is 0.148. The van der Waals surface area contributed by atoms with Gasteiger partial charge in [0.25, 0.3) is 0 Å². The Balaban J connectivity index is 0.000000170. The van der Waals surface area contributed by atoms with E-state index in [1.54, 1.807) is 6.92 Å². The van der Waals surface area contributed by atoms with Crippen molar-refractivity contribution < 1.29 is 18.1 Å². The average Bonchev–Trinajstić information content (AvgIpc) is 3.56. The third-order valence-electron chi connectivity index (χ3n) is 11.0. The van der Waals surface area contributed by atoms with E-state index in [0.717, 1.165) is 33.6 Å². The normalized spacial score (nSPS) is 13.1. The zero-order chi connectivity index (χ0) is 47.0. The fourth-order valence-electron chi connectivity index (χ4n) is 6.83. The van der Waals surface area contributed by atoms with Gasteiger partial charge in [0, 0.05) is 27.7 Å². The lowest BCUT2D eigenvalue weighted by Crippen LogP contribution is -2.41. The molecule has 0 bridgehead atoms. The van der Waals surface area contributed by atoms with Gasteiger partial charge in [-0.1, -0.05) is 140 Å². The Kier molecular flexibility index (Phi) is 15.8. The van der Waals surface area contributed by atoms with E-state index in [1.165, 1.54) is 24.3 Å². The van der Waals surface area contributed by atoms with Crippen molar-refractivity contribution >= 4 is 35.8 Å².